The largest absolute Gasteiger partial charge is 0.379 e. The molecule has 0 spiro atoms. The maximum atomic E-state index is 13.8. The van der Waals surface area contributed by atoms with Crippen LogP contribution in [0.5, 0.6) is 0 Å². The Labute approximate surface area is 242 Å². The normalized spacial score (nSPS) is 14.6. The van der Waals surface area contributed by atoms with E-state index in [-0.39, 0.29) is 46.3 Å². The van der Waals surface area contributed by atoms with Crippen LogP contribution >= 0.6 is 34.5 Å². The number of halogens is 3. The molecule has 1 aromatic heterocycles. The van der Waals surface area contributed by atoms with Gasteiger partial charge in [-0.05, 0) is 59.8 Å². The van der Waals surface area contributed by atoms with E-state index in [0.717, 1.165) is 16.0 Å². The van der Waals surface area contributed by atoms with Crippen molar-refractivity contribution in [3.05, 3.63) is 85.8 Å². The third-order valence-electron chi connectivity index (χ3n) is 6.53. The first-order valence-corrected chi connectivity index (χ1v) is 15.5. The number of ether oxygens (including phenoxy) is 1. The molecule has 4 rings (SSSR count). The van der Waals surface area contributed by atoms with Gasteiger partial charge in [0, 0.05) is 42.6 Å². The number of benzene rings is 2. The fraction of sp³-hybridized carbons (Fsp3) is 0.370. The van der Waals surface area contributed by atoms with Crippen LogP contribution in [0, 0.1) is 12.7 Å². The number of sulfonamides is 1. The second kappa shape index (κ2) is 13.5. The van der Waals surface area contributed by atoms with Crippen LogP contribution in [0.3, 0.4) is 0 Å². The van der Waals surface area contributed by atoms with Crippen molar-refractivity contribution in [2.24, 2.45) is 0 Å². The highest BCUT2D eigenvalue weighted by Crippen LogP contribution is 2.28. The molecule has 0 bridgehead atoms. The van der Waals surface area contributed by atoms with E-state index in [1.54, 1.807) is 17.0 Å². The Morgan fingerprint density at radius 2 is 1.79 bits per heavy atom. The summed E-state index contributed by atoms with van der Waals surface area (Å²) in [6, 6.07) is 12.1. The lowest BCUT2D eigenvalue weighted by atomic mass is 10.2. The van der Waals surface area contributed by atoms with Gasteiger partial charge in [0.2, 0.25) is 15.9 Å². The van der Waals surface area contributed by atoms with Crippen LogP contribution in [-0.2, 0) is 32.6 Å². The van der Waals surface area contributed by atoms with Crippen molar-refractivity contribution >= 4 is 50.5 Å². The van der Waals surface area contributed by atoms with E-state index in [2.05, 4.69) is 4.90 Å². The molecule has 0 N–H and O–H groups in total. The molecule has 0 unspecified atom stereocenters. The summed E-state index contributed by atoms with van der Waals surface area (Å²) in [5.74, 6) is -0.750. The van der Waals surface area contributed by atoms with Gasteiger partial charge in [-0.25, -0.2) is 12.8 Å². The Balaban J connectivity index is 1.62. The number of hydrogen-bond acceptors (Lipinski definition) is 6. The number of morpholine rings is 1. The minimum absolute atomic E-state index is 0.0283. The predicted octanol–water partition coefficient (Wildman–Crippen LogP) is 5.05. The smallest absolute Gasteiger partial charge is 0.245 e. The van der Waals surface area contributed by atoms with Gasteiger partial charge in [0.1, 0.15) is 10.7 Å². The Morgan fingerprint density at radius 1 is 1.08 bits per heavy atom. The lowest BCUT2D eigenvalue weighted by molar-refractivity contribution is -0.132. The van der Waals surface area contributed by atoms with Crippen molar-refractivity contribution in [2.45, 2.75) is 24.9 Å². The number of hydrogen-bond donors (Lipinski definition) is 0. The van der Waals surface area contributed by atoms with E-state index >= 15 is 0 Å². The maximum absolute atomic E-state index is 13.8. The molecule has 0 atom stereocenters. The molecule has 1 fully saturated rings. The second-order valence-electron chi connectivity index (χ2n) is 9.27. The topological polar surface area (TPSA) is 70.2 Å². The second-order valence-corrected chi connectivity index (χ2v) is 13.0. The highest BCUT2D eigenvalue weighted by atomic mass is 35.5. The first-order chi connectivity index (χ1) is 18.6. The number of nitrogens with zero attached hydrogens (tertiary/aromatic N) is 3. The average molecular weight is 615 g/mol. The lowest BCUT2D eigenvalue weighted by Crippen LogP contribution is -2.47. The van der Waals surface area contributed by atoms with Gasteiger partial charge in [-0.3, -0.25) is 9.69 Å². The Morgan fingerprint density at radius 3 is 2.46 bits per heavy atom. The number of amides is 1. The number of thiophene rings is 1. The van der Waals surface area contributed by atoms with E-state index in [9.17, 15) is 17.6 Å². The molecule has 1 aliphatic rings. The van der Waals surface area contributed by atoms with E-state index < -0.39 is 10.0 Å². The Hall–Kier alpha value is -2.05. The summed E-state index contributed by atoms with van der Waals surface area (Å²) in [5.41, 5.74) is 1.78. The minimum atomic E-state index is -4.17. The third kappa shape index (κ3) is 8.00. The van der Waals surface area contributed by atoms with Crippen molar-refractivity contribution in [3.8, 4) is 0 Å². The van der Waals surface area contributed by atoms with E-state index in [0.29, 0.717) is 39.4 Å². The fourth-order valence-corrected chi connectivity index (χ4v) is 7.25. The van der Waals surface area contributed by atoms with Crippen LogP contribution in [0.2, 0.25) is 10.0 Å². The third-order valence-corrected chi connectivity index (χ3v) is 10.1. The molecule has 1 amide bonds. The summed E-state index contributed by atoms with van der Waals surface area (Å²) >= 11 is 13.9. The van der Waals surface area contributed by atoms with Crippen molar-refractivity contribution in [2.75, 3.05) is 45.9 Å². The summed E-state index contributed by atoms with van der Waals surface area (Å²) < 4.78 is 47.8. The van der Waals surface area contributed by atoms with Crippen molar-refractivity contribution in [1.29, 1.82) is 0 Å². The Bertz CT molecular complexity index is 1380. The minimum Gasteiger partial charge on any atom is -0.379 e. The van der Waals surface area contributed by atoms with Crippen molar-refractivity contribution in [3.63, 3.8) is 0 Å². The molecule has 0 saturated carbocycles. The Kier molecular flexibility index (Phi) is 10.4. The van der Waals surface area contributed by atoms with Gasteiger partial charge in [0.15, 0.2) is 0 Å². The van der Waals surface area contributed by atoms with E-state index in [4.69, 9.17) is 27.9 Å². The molecule has 0 aliphatic carbocycles. The summed E-state index contributed by atoms with van der Waals surface area (Å²) in [6.07, 6.45) is 0. The van der Waals surface area contributed by atoms with Gasteiger partial charge in [0.05, 0.1) is 31.3 Å². The summed E-state index contributed by atoms with van der Waals surface area (Å²) in [7, 11) is -4.17. The molecule has 0 radical (unpaired) electrons. The molecule has 210 valence electrons. The fourth-order valence-electron chi connectivity index (χ4n) is 4.21. The average Bonchev–Trinajstić information content (AvgIpc) is 3.33. The lowest BCUT2D eigenvalue weighted by Gasteiger charge is -2.31. The molecule has 7 nitrogen and oxygen atoms in total. The first kappa shape index (κ1) is 29.9. The summed E-state index contributed by atoms with van der Waals surface area (Å²) in [4.78, 5) is 18.3. The molecule has 12 heteroatoms. The van der Waals surface area contributed by atoms with Crippen LogP contribution in [0.25, 0.3) is 0 Å². The van der Waals surface area contributed by atoms with Crippen LogP contribution < -0.4 is 0 Å². The summed E-state index contributed by atoms with van der Waals surface area (Å²) in [6.45, 7) is 5.07. The van der Waals surface area contributed by atoms with Crippen LogP contribution in [0.1, 0.15) is 16.0 Å². The number of aryl methyl sites for hydroxylation is 1. The molecule has 2 aromatic carbocycles. The van der Waals surface area contributed by atoms with Gasteiger partial charge < -0.3 is 9.64 Å². The number of carbonyl (C=O) groups excluding carboxylic acids is 1. The standard InChI is InChI=1S/C27H30Cl2FN3O4S2/c1-20-8-15-38-25(20)18-32(17-21-2-5-23(30)6-3-21)27(34)19-33(10-9-31-11-13-37-14-12-31)39(35,36)26-16-22(28)4-7-24(26)29/h2-8,15-16H,9-14,17-19H2,1H3. The van der Waals surface area contributed by atoms with Gasteiger partial charge >= 0.3 is 0 Å². The van der Waals surface area contributed by atoms with Crippen LogP contribution in [0.15, 0.2) is 58.8 Å². The van der Waals surface area contributed by atoms with Crippen molar-refractivity contribution in [1.82, 2.24) is 14.1 Å². The van der Waals surface area contributed by atoms with Crippen LogP contribution in [-0.4, -0.2) is 74.4 Å². The highest BCUT2D eigenvalue weighted by molar-refractivity contribution is 7.89. The van der Waals surface area contributed by atoms with Crippen LogP contribution in [0.4, 0.5) is 4.39 Å². The molecule has 2 heterocycles. The highest BCUT2D eigenvalue weighted by Gasteiger charge is 2.31. The van der Waals surface area contributed by atoms with Gasteiger partial charge in [0.25, 0.3) is 0 Å². The van der Waals surface area contributed by atoms with Crippen molar-refractivity contribution < 1.29 is 22.3 Å². The summed E-state index contributed by atoms with van der Waals surface area (Å²) in [5, 5.41) is 2.20. The van der Waals surface area contributed by atoms with Gasteiger partial charge in [-0.1, -0.05) is 35.3 Å². The first-order valence-electron chi connectivity index (χ1n) is 12.4. The monoisotopic (exact) mass is 613 g/mol. The van der Waals surface area contributed by atoms with E-state index in [1.807, 2.05) is 18.4 Å². The van der Waals surface area contributed by atoms with Gasteiger partial charge in [-0.2, -0.15) is 4.31 Å². The van der Waals surface area contributed by atoms with E-state index in [1.165, 1.54) is 46.0 Å². The van der Waals surface area contributed by atoms with Gasteiger partial charge in [-0.15, -0.1) is 11.3 Å². The zero-order valence-electron chi connectivity index (χ0n) is 21.5. The predicted molar refractivity (Wildman–Crippen MR) is 152 cm³/mol. The molecule has 1 aliphatic heterocycles. The SMILES string of the molecule is Cc1ccsc1CN(Cc1ccc(F)cc1)C(=O)CN(CCN1CCOCC1)S(=O)(=O)c1cc(Cl)ccc1Cl. The molecule has 1 saturated heterocycles. The zero-order valence-corrected chi connectivity index (χ0v) is 24.6. The number of carbonyl (C=O) groups is 1. The molecule has 3 aromatic rings. The molecule has 39 heavy (non-hydrogen) atoms. The zero-order chi connectivity index (χ0) is 28.0. The quantitative estimate of drug-likeness (QED) is 0.302. The molecular formula is C27H30Cl2FN3O4S2. The number of rotatable bonds is 11. The molecular weight excluding hydrogens is 584 g/mol. The maximum Gasteiger partial charge on any atom is 0.245 e.